The number of amides is 1. The summed E-state index contributed by atoms with van der Waals surface area (Å²) in [5.74, 6) is 0.470. The lowest BCUT2D eigenvalue weighted by Gasteiger charge is -2.06. The number of fused-ring (bicyclic) bond motifs is 1. The van der Waals surface area contributed by atoms with Gasteiger partial charge in [-0.05, 0) is 42.8 Å². The molecule has 0 atom stereocenters. The highest BCUT2D eigenvalue weighted by Gasteiger charge is 2.12. The highest BCUT2D eigenvalue weighted by Crippen LogP contribution is 2.25. The summed E-state index contributed by atoms with van der Waals surface area (Å²) in [6, 6.07) is 12.8. The molecule has 0 saturated heterocycles. The van der Waals surface area contributed by atoms with Crippen LogP contribution in [0.4, 0.5) is 0 Å². The normalized spacial score (nSPS) is 11.9. The van der Waals surface area contributed by atoms with Gasteiger partial charge in [-0.2, -0.15) is 4.99 Å². The minimum atomic E-state index is -0.295. The van der Waals surface area contributed by atoms with Crippen molar-refractivity contribution in [3.05, 3.63) is 57.9 Å². The number of rotatable bonds is 9. The van der Waals surface area contributed by atoms with Gasteiger partial charge >= 0.3 is 0 Å². The van der Waals surface area contributed by atoms with E-state index < -0.39 is 0 Å². The molecule has 3 aromatic rings. The Labute approximate surface area is 179 Å². The minimum Gasteiger partial charge on any atom is -0.494 e. The number of carbonyl (C=O) groups excluding carboxylic acids is 1. The maximum atomic E-state index is 12.7. The van der Waals surface area contributed by atoms with Crippen LogP contribution >= 0.6 is 22.9 Å². The van der Waals surface area contributed by atoms with Crippen molar-refractivity contribution in [1.82, 2.24) is 4.57 Å². The molecule has 0 radical (unpaired) electrons. The molecule has 0 aliphatic carbocycles. The molecule has 0 aliphatic heterocycles. The SMILES string of the molecule is CCCCCOc1ccc(C(=O)N=c2sc3cccc(Cl)c3n2CCOC)cc1. The second kappa shape index (κ2) is 10.6. The summed E-state index contributed by atoms with van der Waals surface area (Å²) in [5.41, 5.74) is 1.39. The van der Waals surface area contributed by atoms with Gasteiger partial charge in [0.05, 0.1) is 28.5 Å². The van der Waals surface area contributed by atoms with Crippen molar-refractivity contribution >= 4 is 39.1 Å². The fraction of sp³-hybridized carbons (Fsp3) is 0.364. The van der Waals surface area contributed by atoms with Gasteiger partial charge in [-0.1, -0.05) is 48.8 Å². The van der Waals surface area contributed by atoms with Crippen LogP contribution < -0.4 is 9.54 Å². The standard InChI is InChI=1S/C22H25ClN2O3S/c1-3-4-5-14-28-17-11-9-16(10-12-17)21(26)24-22-25(13-15-27-2)20-18(23)7-6-8-19(20)29-22/h6-12H,3-5,13-15H2,1-2H3. The molecular formula is C22H25ClN2O3S. The molecule has 0 saturated carbocycles. The number of ether oxygens (including phenoxy) is 2. The number of thiazole rings is 1. The van der Waals surface area contributed by atoms with Gasteiger partial charge in [-0.25, -0.2) is 0 Å². The highest BCUT2D eigenvalue weighted by molar-refractivity contribution is 7.16. The number of hydrogen-bond donors (Lipinski definition) is 0. The second-order valence-corrected chi connectivity index (χ2v) is 8.03. The number of unbranched alkanes of at least 4 members (excludes halogenated alkanes) is 2. The van der Waals surface area contributed by atoms with Crippen molar-refractivity contribution in [1.29, 1.82) is 0 Å². The quantitative estimate of drug-likeness (QED) is 0.430. The molecule has 0 bridgehead atoms. The molecule has 0 N–H and O–H groups in total. The van der Waals surface area contributed by atoms with Gasteiger partial charge in [0.15, 0.2) is 4.80 Å². The third kappa shape index (κ3) is 5.47. The van der Waals surface area contributed by atoms with E-state index in [1.807, 2.05) is 34.9 Å². The van der Waals surface area contributed by atoms with E-state index in [1.165, 1.54) is 11.3 Å². The molecule has 5 nitrogen and oxygen atoms in total. The summed E-state index contributed by atoms with van der Waals surface area (Å²) in [5, 5.41) is 0.633. The number of para-hydroxylation sites is 1. The molecule has 29 heavy (non-hydrogen) atoms. The summed E-state index contributed by atoms with van der Waals surface area (Å²) in [7, 11) is 1.64. The molecule has 1 amide bonds. The van der Waals surface area contributed by atoms with E-state index in [0.29, 0.717) is 35.1 Å². The number of nitrogens with zero attached hydrogens (tertiary/aromatic N) is 2. The third-order valence-corrected chi connectivity index (χ3v) is 5.83. The van der Waals surface area contributed by atoms with Crippen LogP contribution in [0.5, 0.6) is 5.75 Å². The van der Waals surface area contributed by atoms with Crippen molar-refractivity contribution in [2.45, 2.75) is 32.7 Å². The number of benzene rings is 2. The average Bonchev–Trinajstić information content (AvgIpc) is 3.08. The third-order valence-electron chi connectivity index (χ3n) is 4.49. The second-order valence-electron chi connectivity index (χ2n) is 6.61. The van der Waals surface area contributed by atoms with Crippen molar-refractivity contribution in [3.8, 4) is 5.75 Å². The van der Waals surface area contributed by atoms with Crippen molar-refractivity contribution in [3.63, 3.8) is 0 Å². The van der Waals surface area contributed by atoms with E-state index in [4.69, 9.17) is 21.1 Å². The van der Waals surface area contributed by atoms with Gasteiger partial charge in [0.25, 0.3) is 5.91 Å². The van der Waals surface area contributed by atoms with Crippen molar-refractivity contribution in [2.24, 2.45) is 4.99 Å². The van der Waals surface area contributed by atoms with E-state index in [-0.39, 0.29) is 5.91 Å². The summed E-state index contributed by atoms with van der Waals surface area (Å²) >= 11 is 7.83. The lowest BCUT2D eigenvalue weighted by Crippen LogP contribution is -2.19. The molecule has 154 valence electrons. The molecular weight excluding hydrogens is 408 g/mol. The summed E-state index contributed by atoms with van der Waals surface area (Å²) in [6.07, 6.45) is 3.34. The summed E-state index contributed by atoms with van der Waals surface area (Å²) in [4.78, 5) is 17.7. The van der Waals surface area contributed by atoms with Crippen LogP contribution in [0.1, 0.15) is 36.5 Å². The van der Waals surface area contributed by atoms with Crippen LogP contribution in [0.25, 0.3) is 10.2 Å². The van der Waals surface area contributed by atoms with E-state index >= 15 is 0 Å². The number of halogens is 1. The van der Waals surface area contributed by atoms with E-state index in [9.17, 15) is 4.79 Å². The Kier molecular flexibility index (Phi) is 7.86. The smallest absolute Gasteiger partial charge is 0.279 e. The summed E-state index contributed by atoms with van der Waals surface area (Å²) in [6.45, 7) is 3.92. The molecule has 3 rings (SSSR count). The topological polar surface area (TPSA) is 52.8 Å². The largest absolute Gasteiger partial charge is 0.494 e. The molecule has 0 aliphatic rings. The van der Waals surface area contributed by atoms with E-state index in [1.54, 1.807) is 19.2 Å². The average molecular weight is 433 g/mol. The zero-order valence-corrected chi connectivity index (χ0v) is 18.3. The predicted molar refractivity (Wildman–Crippen MR) is 118 cm³/mol. The first-order valence-electron chi connectivity index (χ1n) is 9.72. The van der Waals surface area contributed by atoms with Gasteiger partial charge in [0, 0.05) is 19.2 Å². The Hall–Kier alpha value is -2.15. The number of aromatic nitrogens is 1. The van der Waals surface area contributed by atoms with Crippen LogP contribution in [0.3, 0.4) is 0 Å². The Bertz CT molecular complexity index is 1020. The van der Waals surface area contributed by atoms with Crippen LogP contribution in [0, 0.1) is 0 Å². The molecule has 0 spiro atoms. The Morgan fingerprint density at radius 2 is 1.93 bits per heavy atom. The van der Waals surface area contributed by atoms with E-state index in [2.05, 4.69) is 11.9 Å². The molecule has 0 fully saturated rings. The monoisotopic (exact) mass is 432 g/mol. The van der Waals surface area contributed by atoms with Gasteiger partial charge < -0.3 is 14.0 Å². The Balaban J connectivity index is 1.84. The number of methoxy groups -OCH3 is 1. The molecule has 1 aromatic heterocycles. The minimum absolute atomic E-state index is 0.295. The first-order chi connectivity index (χ1) is 14.1. The zero-order valence-electron chi connectivity index (χ0n) is 16.7. The van der Waals surface area contributed by atoms with Gasteiger partial charge in [-0.3, -0.25) is 4.79 Å². The van der Waals surface area contributed by atoms with Gasteiger partial charge in [0.2, 0.25) is 0 Å². The lowest BCUT2D eigenvalue weighted by molar-refractivity contribution is 0.0997. The fourth-order valence-electron chi connectivity index (χ4n) is 2.95. The van der Waals surface area contributed by atoms with E-state index in [0.717, 1.165) is 35.2 Å². The highest BCUT2D eigenvalue weighted by atomic mass is 35.5. The molecule has 7 heteroatoms. The predicted octanol–water partition coefficient (Wildman–Crippen LogP) is 5.31. The van der Waals surface area contributed by atoms with Crippen molar-refractivity contribution < 1.29 is 14.3 Å². The van der Waals surface area contributed by atoms with Crippen LogP contribution in [-0.2, 0) is 11.3 Å². The van der Waals surface area contributed by atoms with Crippen LogP contribution in [0.15, 0.2) is 47.5 Å². The van der Waals surface area contributed by atoms with Crippen LogP contribution in [0.2, 0.25) is 5.02 Å². The first-order valence-corrected chi connectivity index (χ1v) is 10.9. The van der Waals surface area contributed by atoms with Crippen molar-refractivity contribution in [2.75, 3.05) is 20.3 Å². The number of carbonyl (C=O) groups is 1. The fourth-order valence-corrected chi connectivity index (χ4v) is 4.36. The number of hydrogen-bond acceptors (Lipinski definition) is 4. The lowest BCUT2D eigenvalue weighted by atomic mass is 10.2. The summed E-state index contributed by atoms with van der Waals surface area (Å²) < 4.78 is 13.8. The van der Waals surface area contributed by atoms with Gasteiger partial charge in [0.1, 0.15) is 5.75 Å². The Morgan fingerprint density at radius 1 is 1.14 bits per heavy atom. The first kappa shape index (κ1) is 21.6. The molecule has 0 unspecified atom stereocenters. The zero-order chi connectivity index (χ0) is 20.6. The van der Waals surface area contributed by atoms with Gasteiger partial charge in [-0.15, -0.1) is 0 Å². The maximum absolute atomic E-state index is 12.7. The molecule has 1 heterocycles. The molecule has 2 aromatic carbocycles. The maximum Gasteiger partial charge on any atom is 0.279 e. The van der Waals surface area contributed by atoms with Crippen LogP contribution in [-0.4, -0.2) is 30.8 Å². The Morgan fingerprint density at radius 3 is 2.66 bits per heavy atom.